The third-order valence-corrected chi connectivity index (χ3v) is 5.08. The van der Waals surface area contributed by atoms with Crippen molar-refractivity contribution < 1.29 is 22.3 Å². The van der Waals surface area contributed by atoms with Gasteiger partial charge < -0.3 is 13.7 Å². The van der Waals surface area contributed by atoms with E-state index in [1.54, 1.807) is 30.3 Å². The molecule has 2 aromatic heterocycles. The zero-order valence-corrected chi connectivity index (χ0v) is 17.5. The van der Waals surface area contributed by atoms with Gasteiger partial charge in [0.1, 0.15) is 5.75 Å². The van der Waals surface area contributed by atoms with Crippen molar-refractivity contribution in [2.24, 2.45) is 0 Å². The van der Waals surface area contributed by atoms with Gasteiger partial charge in [0.25, 0.3) is 5.89 Å². The zero-order chi connectivity index (χ0) is 23.0. The summed E-state index contributed by atoms with van der Waals surface area (Å²) in [6, 6.07) is 20.2. The number of benzene rings is 3. The molecule has 0 N–H and O–H groups in total. The molecule has 5 rings (SSSR count). The van der Waals surface area contributed by atoms with Gasteiger partial charge in [0.05, 0.1) is 11.0 Å². The highest BCUT2D eigenvalue weighted by molar-refractivity contribution is 6.31. The SMILES string of the molecule is FC(F)(F)Oc1ccc(Cn2c(-c3nnc(-c4ccccc4)o3)nc3ccc(Cl)cc32)cc1. The van der Waals surface area contributed by atoms with Crippen LogP contribution in [0.5, 0.6) is 5.75 Å². The molecule has 0 bridgehead atoms. The second-order valence-electron chi connectivity index (χ2n) is 7.12. The lowest BCUT2D eigenvalue weighted by Crippen LogP contribution is -2.17. The fourth-order valence-electron chi connectivity index (χ4n) is 3.41. The van der Waals surface area contributed by atoms with Gasteiger partial charge in [-0.05, 0) is 48.0 Å². The lowest BCUT2D eigenvalue weighted by atomic mass is 10.2. The Labute approximate surface area is 190 Å². The minimum atomic E-state index is -4.75. The third-order valence-electron chi connectivity index (χ3n) is 4.84. The average Bonchev–Trinajstić information content (AvgIpc) is 3.40. The highest BCUT2D eigenvalue weighted by Crippen LogP contribution is 2.30. The molecule has 0 spiro atoms. The molecule has 6 nitrogen and oxygen atoms in total. The Morgan fingerprint density at radius 1 is 0.909 bits per heavy atom. The van der Waals surface area contributed by atoms with Crippen molar-refractivity contribution in [3.8, 4) is 28.9 Å². The van der Waals surface area contributed by atoms with E-state index in [-0.39, 0.29) is 18.2 Å². The normalized spacial score (nSPS) is 11.8. The van der Waals surface area contributed by atoms with Crippen molar-refractivity contribution in [3.05, 3.63) is 83.4 Å². The quantitative estimate of drug-likeness (QED) is 0.299. The lowest BCUT2D eigenvalue weighted by Gasteiger charge is -2.11. The Kier molecular flexibility index (Phi) is 5.26. The minimum absolute atomic E-state index is 0.207. The van der Waals surface area contributed by atoms with Crippen LogP contribution >= 0.6 is 11.6 Å². The molecule has 0 aliphatic rings. The maximum Gasteiger partial charge on any atom is 0.573 e. The van der Waals surface area contributed by atoms with Crippen LogP contribution in [0.3, 0.4) is 0 Å². The summed E-state index contributed by atoms with van der Waals surface area (Å²) in [5.74, 6) is 0.668. The number of alkyl halides is 3. The van der Waals surface area contributed by atoms with Gasteiger partial charge in [-0.2, -0.15) is 0 Å². The van der Waals surface area contributed by atoms with Gasteiger partial charge in [-0.15, -0.1) is 23.4 Å². The van der Waals surface area contributed by atoms with Gasteiger partial charge in [0, 0.05) is 17.1 Å². The number of fused-ring (bicyclic) bond motifs is 1. The van der Waals surface area contributed by atoms with Crippen molar-refractivity contribution in [1.29, 1.82) is 0 Å². The third kappa shape index (κ3) is 4.54. The molecular formula is C23H14ClF3N4O2. The molecule has 0 radical (unpaired) electrons. The van der Waals surface area contributed by atoms with Crippen molar-refractivity contribution in [2.45, 2.75) is 12.9 Å². The number of rotatable bonds is 5. The first-order valence-electron chi connectivity index (χ1n) is 9.75. The van der Waals surface area contributed by atoms with Crippen molar-refractivity contribution in [3.63, 3.8) is 0 Å². The van der Waals surface area contributed by atoms with Gasteiger partial charge in [-0.25, -0.2) is 4.98 Å². The van der Waals surface area contributed by atoms with Crippen LogP contribution < -0.4 is 4.74 Å². The van der Waals surface area contributed by atoms with Crippen LogP contribution in [0, 0.1) is 0 Å². The predicted molar refractivity (Wildman–Crippen MR) is 116 cm³/mol. The molecule has 0 unspecified atom stereocenters. The molecule has 0 saturated heterocycles. The molecule has 0 fully saturated rings. The van der Waals surface area contributed by atoms with E-state index in [2.05, 4.69) is 19.9 Å². The fraction of sp³-hybridized carbons (Fsp3) is 0.0870. The zero-order valence-electron chi connectivity index (χ0n) is 16.8. The summed E-state index contributed by atoms with van der Waals surface area (Å²) in [5.41, 5.74) is 2.86. The van der Waals surface area contributed by atoms with Crippen LogP contribution in [0.4, 0.5) is 13.2 Å². The van der Waals surface area contributed by atoms with Gasteiger partial charge in [-0.1, -0.05) is 41.9 Å². The van der Waals surface area contributed by atoms with E-state index >= 15 is 0 Å². The number of aromatic nitrogens is 4. The molecule has 0 atom stereocenters. The maximum atomic E-state index is 12.5. The molecule has 166 valence electrons. The number of ether oxygens (including phenoxy) is 1. The topological polar surface area (TPSA) is 66.0 Å². The van der Waals surface area contributed by atoms with Crippen LogP contribution in [-0.4, -0.2) is 26.1 Å². The number of hydrogen-bond donors (Lipinski definition) is 0. The molecule has 5 aromatic rings. The fourth-order valence-corrected chi connectivity index (χ4v) is 3.58. The van der Waals surface area contributed by atoms with Gasteiger partial charge >= 0.3 is 6.36 Å². The summed E-state index contributed by atoms with van der Waals surface area (Å²) in [4.78, 5) is 4.63. The number of imidazole rings is 1. The predicted octanol–water partition coefficient (Wildman–Crippen LogP) is 6.35. The highest BCUT2D eigenvalue weighted by Gasteiger charge is 2.31. The Morgan fingerprint density at radius 3 is 2.36 bits per heavy atom. The summed E-state index contributed by atoms with van der Waals surface area (Å²) in [6.07, 6.45) is -4.75. The number of halogens is 4. The summed E-state index contributed by atoms with van der Waals surface area (Å²) in [5, 5.41) is 8.80. The van der Waals surface area contributed by atoms with E-state index < -0.39 is 6.36 Å². The minimum Gasteiger partial charge on any atom is -0.413 e. The smallest absolute Gasteiger partial charge is 0.413 e. The van der Waals surface area contributed by atoms with Crippen molar-refractivity contribution >= 4 is 22.6 Å². The van der Waals surface area contributed by atoms with Crippen molar-refractivity contribution in [1.82, 2.24) is 19.7 Å². The van der Waals surface area contributed by atoms with Crippen LogP contribution in [-0.2, 0) is 6.54 Å². The van der Waals surface area contributed by atoms with E-state index in [0.717, 1.165) is 5.56 Å². The standard InChI is InChI=1S/C23H14ClF3N4O2/c24-16-8-11-18-19(12-16)31(13-14-6-9-17(10-7-14)33-23(25,26)27)20(28-18)22-30-29-21(32-22)15-4-2-1-3-5-15/h1-12H,13H2. The van der Waals surface area contributed by atoms with E-state index in [1.807, 2.05) is 34.9 Å². The van der Waals surface area contributed by atoms with E-state index in [0.29, 0.717) is 33.3 Å². The second-order valence-corrected chi connectivity index (χ2v) is 7.56. The molecule has 0 aliphatic carbocycles. The summed E-state index contributed by atoms with van der Waals surface area (Å²) in [6.45, 7) is 0.279. The van der Waals surface area contributed by atoms with Crippen LogP contribution in [0.25, 0.3) is 34.2 Å². The van der Waals surface area contributed by atoms with Crippen molar-refractivity contribution in [2.75, 3.05) is 0 Å². The van der Waals surface area contributed by atoms with Crippen LogP contribution in [0.15, 0.2) is 77.2 Å². The second kappa shape index (κ2) is 8.25. The van der Waals surface area contributed by atoms with Crippen LogP contribution in [0.1, 0.15) is 5.56 Å². The summed E-state index contributed by atoms with van der Waals surface area (Å²) < 4.78 is 49.0. The Morgan fingerprint density at radius 2 is 1.64 bits per heavy atom. The molecular weight excluding hydrogens is 457 g/mol. The highest BCUT2D eigenvalue weighted by atomic mass is 35.5. The first kappa shape index (κ1) is 21.0. The summed E-state index contributed by atoms with van der Waals surface area (Å²) >= 11 is 6.20. The molecule has 3 aromatic carbocycles. The largest absolute Gasteiger partial charge is 0.573 e. The van der Waals surface area contributed by atoms with E-state index in [4.69, 9.17) is 16.0 Å². The van der Waals surface area contributed by atoms with Gasteiger partial charge in [0.2, 0.25) is 5.89 Å². The van der Waals surface area contributed by atoms with E-state index in [9.17, 15) is 13.2 Å². The molecule has 0 saturated carbocycles. The average molecular weight is 471 g/mol. The maximum absolute atomic E-state index is 12.5. The van der Waals surface area contributed by atoms with Gasteiger partial charge in [0.15, 0.2) is 5.82 Å². The summed E-state index contributed by atoms with van der Waals surface area (Å²) in [7, 11) is 0. The molecule has 0 amide bonds. The Hall–Kier alpha value is -3.85. The molecule has 0 aliphatic heterocycles. The van der Waals surface area contributed by atoms with Crippen LogP contribution in [0.2, 0.25) is 5.02 Å². The number of hydrogen-bond acceptors (Lipinski definition) is 5. The first-order valence-corrected chi connectivity index (χ1v) is 10.1. The van der Waals surface area contributed by atoms with E-state index in [1.165, 1.54) is 12.1 Å². The van der Waals surface area contributed by atoms with Gasteiger partial charge in [-0.3, -0.25) is 0 Å². The molecule has 10 heteroatoms. The monoisotopic (exact) mass is 470 g/mol. The Bertz CT molecular complexity index is 1410. The molecule has 33 heavy (non-hydrogen) atoms. The Balaban J connectivity index is 1.54. The number of nitrogens with zero attached hydrogens (tertiary/aromatic N) is 4. The first-order chi connectivity index (χ1) is 15.9. The lowest BCUT2D eigenvalue weighted by molar-refractivity contribution is -0.274. The molecule has 2 heterocycles.